The van der Waals surface area contributed by atoms with Gasteiger partial charge in [-0.2, -0.15) is 0 Å². The van der Waals surface area contributed by atoms with E-state index in [9.17, 15) is 9.50 Å². The molecule has 0 bridgehead atoms. The maximum absolute atomic E-state index is 13.1. The van der Waals surface area contributed by atoms with Crippen molar-refractivity contribution in [3.63, 3.8) is 0 Å². The molecule has 2 aromatic carbocycles. The molecule has 3 rings (SSSR count). The predicted octanol–water partition coefficient (Wildman–Crippen LogP) is 4.43. The summed E-state index contributed by atoms with van der Waals surface area (Å²) in [7, 11) is 0. The number of ether oxygens (including phenoxy) is 1. The topological polar surface area (TPSA) is 29.5 Å². The van der Waals surface area contributed by atoms with E-state index in [2.05, 4.69) is 0 Å². The highest BCUT2D eigenvalue weighted by molar-refractivity contribution is 6.30. The number of rotatable bonds is 3. The number of aryl methyl sites for hydroxylation is 1. The van der Waals surface area contributed by atoms with E-state index in [1.54, 1.807) is 12.1 Å². The van der Waals surface area contributed by atoms with Gasteiger partial charge in [0.25, 0.3) is 0 Å². The number of hydrogen-bond acceptors (Lipinski definition) is 2. The number of halogens is 2. The van der Waals surface area contributed by atoms with Gasteiger partial charge in [-0.15, -0.1) is 0 Å². The molecule has 0 aromatic heterocycles. The molecule has 110 valence electrons. The Bertz CT molecular complexity index is 657. The van der Waals surface area contributed by atoms with E-state index in [0.29, 0.717) is 6.61 Å². The molecule has 1 aliphatic rings. The van der Waals surface area contributed by atoms with Gasteiger partial charge in [0.15, 0.2) is 0 Å². The average Bonchev–Trinajstić information content (AvgIpc) is 2.49. The van der Waals surface area contributed by atoms with Crippen molar-refractivity contribution in [1.82, 2.24) is 0 Å². The normalized spacial score (nSPS) is 17.4. The van der Waals surface area contributed by atoms with Crippen LogP contribution in [0, 0.1) is 5.82 Å². The van der Waals surface area contributed by atoms with Crippen LogP contribution in [-0.2, 0) is 13.0 Å². The van der Waals surface area contributed by atoms with Gasteiger partial charge in [0.1, 0.15) is 18.2 Å². The van der Waals surface area contributed by atoms with E-state index in [4.69, 9.17) is 16.3 Å². The van der Waals surface area contributed by atoms with Crippen molar-refractivity contribution in [1.29, 1.82) is 0 Å². The predicted molar refractivity (Wildman–Crippen MR) is 80.1 cm³/mol. The Kier molecular flexibility index (Phi) is 4.13. The molecule has 21 heavy (non-hydrogen) atoms. The van der Waals surface area contributed by atoms with Gasteiger partial charge >= 0.3 is 0 Å². The summed E-state index contributed by atoms with van der Waals surface area (Å²) < 4.78 is 18.8. The molecule has 2 nitrogen and oxygen atoms in total. The Balaban J connectivity index is 1.72. The smallest absolute Gasteiger partial charge is 0.141 e. The van der Waals surface area contributed by atoms with E-state index in [0.717, 1.165) is 41.7 Å². The summed E-state index contributed by atoms with van der Waals surface area (Å²) in [6.07, 6.45) is 2.41. The zero-order valence-corrected chi connectivity index (χ0v) is 12.2. The van der Waals surface area contributed by atoms with Crippen molar-refractivity contribution in [2.24, 2.45) is 0 Å². The first-order valence-corrected chi connectivity index (χ1v) is 7.39. The van der Waals surface area contributed by atoms with Crippen LogP contribution in [0.5, 0.6) is 5.75 Å². The molecule has 1 unspecified atom stereocenters. The molecule has 1 atom stereocenters. The first kappa shape index (κ1) is 14.4. The molecular weight excluding hydrogens is 291 g/mol. The molecule has 1 N–H and O–H groups in total. The highest BCUT2D eigenvalue weighted by atomic mass is 35.5. The molecule has 0 spiro atoms. The number of benzene rings is 2. The maximum Gasteiger partial charge on any atom is 0.141 e. The third-order valence-corrected chi connectivity index (χ3v) is 4.08. The number of aliphatic hydroxyl groups excluding tert-OH is 1. The quantitative estimate of drug-likeness (QED) is 0.909. The fourth-order valence-electron chi connectivity index (χ4n) is 2.65. The monoisotopic (exact) mass is 306 g/mol. The molecule has 0 saturated heterocycles. The Morgan fingerprint density at radius 1 is 1.24 bits per heavy atom. The Labute approximate surface area is 128 Å². The van der Waals surface area contributed by atoms with Gasteiger partial charge in [-0.3, -0.25) is 0 Å². The molecule has 0 amide bonds. The van der Waals surface area contributed by atoms with Crippen molar-refractivity contribution in [3.8, 4) is 5.75 Å². The van der Waals surface area contributed by atoms with Crippen LogP contribution >= 0.6 is 11.6 Å². The van der Waals surface area contributed by atoms with Gasteiger partial charge in [0, 0.05) is 0 Å². The van der Waals surface area contributed by atoms with Crippen LogP contribution in [-0.4, -0.2) is 5.11 Å². The summed E-state index contributed by atoms with van der Waals surface area (Å²) in [5, 5.41) is 10.0. The van der Waals surface area contributed by atoms with Gasteiger partial charge in [-0.25, -0.2) is 4.39 Å². The van der Waals surface area contributed by atoms with Crippen molar-refractivity contribution >= 4 is 11.6 Å². The molecule has 0 heterocycles. The first-order chi connectivity index (χ1) is 10.1. The Morgan fingerprint density at radius 2 is 2.10 bits per heavy atom. The van der Waals surface area contributed by atoms with Crippen LogP contribution in [0.25, 0.3) is 0 Å². The minimum atomic E-state index is -0.428. The highest BCUT2D eigenvalue weighted by Crippen LogP contribution is 2.32. The van der Waals surface area contributed by atoms with Crippen LogP contribution in [0.3, 0.4) is 0 Å². The second kappa shape index (κ2) is 6.04. The summed E-state index contributed by atoms with van der Waals surface area (Å²) in [5.74, 6) is 0.325. The van der Waals surface area contributed by atoms with Crippen molar-refractivity contribution in [3.05, 3.63) is 63.9 Å². The number of fused-ring (bicyclic) bond motifs is 1. The number of aliphatic hydroxyl groups is 1. The van der Waals surface area contributed by atoms with Crippen LogP contribution in [0.15, 0.2) is 36.4 Å². The number of hydrogen-bond donors (Lipinski definition) is 1. The van der Waals surface area contributed by atoms with Crippen molar-refractivity contribution < 1.29 is 14.2 Å². The zero-order chi connectivity index (χ0) is 14.8. The third kappa shape index (κ3) is 3.20. The lowest BCUT2D eigenvalue weighted by Crippen LogP contribution is -2.09. The molecule has 2 aromatic rings. The van der Waals surface area contributed by atoms with E-state index in [1.807, 2.05) is 18.2 Å². The molecule has 0 saturated carbocycles. The summed E-state index contributed by atoms with van der Waals surface area (Å²) in [4.78, 5) is 0. The summed E-state index contributed by atoms with van der Waals surface area (Å²) >= 11 is 5.75. The van der Waals surface area contributed by atoms with Crippen LogP contribution in [0.4, 0.5) is 4.39 Å². The second-order valence-corrected chi connectivity index (χ2v) is 5.71. The van der Waals surface area contributed by atoms with Gasteiger partial charge in [-0.05, 0) is 60.2 Å². The Morgan fingerprint density at radius 3 is 2.90 bits per heavy atom. The van der Waals surface area contributed by atoms with Crippen molar-refractivity contribution in [2.75, 3.05) is 0 Å². The van der Waals surface area contributed by atoms with Gasteiger partial charge in [-0.1, -0.05) is 23.7 Å². The maximum atomic E-state index is 13.1. The average molecular weight is 307 g/mol. The summed E-state index contributed by atoms with van der Waals surface area (Å²) in [6, 6.07) is 10.3. The fraction of sp³-hybridized carbons (Fsp3) is 0.294. The Hall–Kier alpha value is -1.58. The molecule has 1 aliphatic carbocycles. The van der Waals surface area contributed by atoms with Gasteiger partial charge in [0.2, 0.25) is 0 Å². The SMILES string of the molecule is OC1CCCc2cc(OCc3ccc(F)c(Cl)c3)ccc21. The molecule has 0 aliphatic heterocycles. The van der Waals surface area contributed by atoms with E-state index in [1.165, 1.54) is 6.07 Å². The lowest BCUT2D eigenvalue weighted by Gasteiger charge is -2.21. The summed E-state index contributed by atoms with van der Waals surface area (Å²) in [6.45, 7) is 0.335. The summed E-state index contributed by atoms with van der Waals surface area (Å²) in [5.41, 5.74) is 2.96. The zero-order valence-electron chi connectivity index (χ0n) is 11.5. The van der Waals surface area contributed by atoms with Crippen LogP contribution in [0.1, 0.15) is 35.6 Å². The minimum absolute atomic E-state index is 0.102. The van der Waals surface area contributed by atoms with Crippen molar-refractivity contribution in [2.45, 2.75) is 32.0 Å². The molecular formula is C17H16ClFO2. The first-order valence-electron chi connectivity index (χ1n) is 7.01. The van der Waals surface area contributed by atoms with Gasteiger partial charge < -0.3 is 9.84 Å². The lowest BCUT2D eigenvalue weighted by atomic mass is 9.89. The minimum Gasteiger partial charge on any atom is -0.489 e. The van der Waals surface area contributed by atoms with Gasteiger partial charge in [0.05, 0.1) is 11.1 Å². The van der Waals surface area contributed by atoms with E-state index < -0.39 is 5.82 Å². The molecule has 0 radical (unpaired) electrons. The second-order valence-electron chi connectivity index (χ2n) is 5.31. The molecule has 0 fully saturated rings. The standard InChI is InChI=1S/C17H16ClFO2/c18-15-8-11(4-7-16(15)19)10-21-13-5-6-14-12(9-13)2-1-3-17(14)20/h4-9,17,20H,1-3,10H2. The molecule has 4 heteroatoms. The van der Waals surface area contributed by atoms with Crippen LogP contribution < -0.4 is 4.74 Å². The third-order valence-electron chi connectivity index (χ3n) is 3.79. The lowest BCUT2D eigenvalue weighted by molar-refractivity contribution is 0.156. The van der Waals surface area contributed by atoms with E-state index >= 15 is 0 Å². The largest absolute Gasteiger partial charge is 0.489 e. The highest BCUT2D eigenvalue weighted by Gasteiger charge is 2.18. The fourth-order valence-corrected chi connectivity index (χ4v) is 2.85. The van der Waals surface area contributed by atoms with Crippen LogP contribution in [0.2, 0.25) is 5.02 Å². The van der Waals surface area contributed by atoms with E-state index in [-0.39, 0.29) is 11.1 Å².